The second-order valence-corrected chi connectivity index (χ2v) is 8.31. The highest BCUT2D eigenvalue weighted by Gasteiger charge is 2.24. The molecule has 1 aromatic carbocycles. The second kappa shape index (κ2) is 9.28. The van der Waals surface area contributed by atoms with E-state index < -0.39 is 6.03 Å². The van der Waals surface area contributed by atoms with Crippen molar-refractivity contribution >= 4 is 23.3 Å². The van der Waals surface area contributed by atoms with Crippen LogP contribution in [0.2, 0.25) is 5.02 Å². The normalized spacial score (nSPS) is 11.4. The van der Waals surface area contributed by atoms with Gasteiger partial charge in [-0.2, -0.15) is 0 Å². The standard InChI is InChI=1S/C22H25ClN4O3/c1-22(2,3)20-27-19(14-5-4-6-15(23)11-14)18(30-20)13-25-21(29)26-17-8-7-16(9-10-28)24-12-17/h4-8,11-12,28H,9-10,13H2,1-3H3,(H2,25,26,29). The Balaban J connectivity index is 1.73. The topological polar surface area (TPSA) is 100 Å². The Morgan fingerprint density at radius 2 is 2.03 bits per heavy atom. The van der Waals surface area contributed by atoms with Crippen LogP contribution in [0, 0.1) is 0 Å². The van der Waals surface area contributed by atoms with Gasteiger partial charge in [0, 0.05) is 34.7 Å². The number of anilines is 1. The number of halogens is 1. The Bertz CT molecular complexity index is 1010. The fourth-order valence-corrected chi connectivity index (χ4v) is 2.94. The minimum Gasteiger partial charge on any atom is -0.443 e. The first-order valence-electron chi connectivity index (χ1n) is 9.63. The minimum atomic E-state index is -0.391. The number of hydrogen-bond donors (Lipinski definition) is 3. The number of pyridine rings is 1. The van der Waals surface area contributed by atoms with Gasteiger partial charge >= 0.3 is 6.03 Å². The Morgan fingerprint density at radius 1 is 1.23 bits per heavy atom. The van der Waals surface area contributed by atoms with E-state index >= 15 is 0 Å². The summed E-state index contributed by atoms with van der Waals surface area (Å²) >= 11 is 6.13. The lowest BCUT2D eigenvalue weighted by atomic mass is 9.97. The fourth-order valence-electron chi connectivity index (χ4n) is 2.75. The van der Waals surface area contributed by atoms with E-state index in [9.17, 15) is 4.79 Å². The van der Waals surface area contributed by atoms with Crippen molar-refractivity contribution in [2.75, 3.05) is 11.9 Å². The van der Waals surface area contributed by atoms with E-state index in [4.69, 9.17) is 21.1 Å². The number of nitrogens with zero attached hydrogens (tertiary/aromatic N) is 2. The summed E-state index contributed by atoms with van der Waals surface area (Å²) in [4.78, 5) is 21.2. The number of hydrogen-bond acceptors (Lipinski definition) is 5. The summed E-state index contributed by atoms with van der Waals surface area (Å²) in [5.41, 5.74) is 2.50. The number of aliphatic hydroxyl groups excluding tert-OH is 1. The van der Waals surface area contributed by atoms with Crippen molar-refractivity contribution in [2.45, 2.75) is 39.2 Å². The van der Waals surface area contributed by atoms with Gasteiger partial charge < -0.3 is 20.2 Å². The van der Waals surface area contributed by atoms with Gasteiger partial charge in [-0.25, -0.2) is 9.78 Å². The van der Waals surface area contributed by atoms with Gasteiger partial charge in [-0.3, -0.25) is 4.98 Å². The van der Waals surface area contributed by atoms with Crippen LogP contribution in [-0.4, -0.2) is 27.7 Å². The van der Waals surface area contributed by atoms with Crippen LogP contribution in [-0.2, 0) is 18.4 Å². The lowest BCUT2D eigenvalue weighted by Gasteiger charge is -2.12. The first kappa shape index (κ1) is 21.8. The number of aliphatic hydroxyl groups is 1. The molecule has 0 saturated heterocycles. The van der Waals surface area contributed by atoms with Gasteiger partial charge in [-0.15, -0.1) is 0 Å². The molecule has 3 rings (SSSR count). The van der Waals surface area contributed by atoms with Crippen molar-refractivity contribution < 1.29 is 14.3 Å². The van der Waals surface area contributed by atoms with Gasteiger partial charge in [0.05, 0.1) is 18.4 Å². The molecular weight excluding hydrogens is 404 g/mol. The van der Waals surface area contributed by atoms with Crippen LogP contribution < -0.4 is 10.6 Å². The highest BCUT2D eigenvalue weighted by molar-refractivity contribution is 6.30. The maximum atomic E-state index is 12.3. The zero-order valence-corrected chi connectivity index (χ0v) is 18.0. The summed E-state index contributed by atoms with van der Waals surface area (Å²) in [6, 6.07) is 10.5. The molecule has 7 nitrogen and oxygen atoms in total. The molecule has 0 atom stereocenters. The molecule has 2 aromatic heterocycles. The Morgan fingerprint density at radius 3 is 2.67 bits per heavy atom. The lowest BCUT2D eigenvalue weighted by Crippen LogP contribution is -2.28. The van der Waals surface area contributed by atoms with Crippen LogP contribution in [0.15, 0.2) is 47.0 Å². The van der Waals surface area contributed by atoms with Gasteiger partial charge in [0.15, 0.2) is 11.7 Å². The van der Waals surface area contributed by atoms with Crippen LogP contribution >= 0.6 is 11.6 Å². The van der Waals surface area contributed by atoms with Crippen molar-refractivity contribution in [1.29, 1.82) is 0 Å². The van der Waals surface area contributed by atoms with Crippen molar-refractivity contribution in [3.63, 3.8) is 0 Å². The predicted molar refractivity (Wildman–Crippen MR) is 117 cm³/mol. The van der Waals surface area contributed by atoms with E-state index in [0.29, 0.717) is 34.5 Å². The van der Waals surface area contributed by atoms with Crippen molar-refractivity contribution in [2.24, 2.45) is 0 Å². The van der Waals surface area contributed by atoms with Crippen molar-refractivity contribution in [3.05, 3.63) is 65.0 Å². The molecule has 2 heterocycles. The second-order valence-electron chi connectivity index (χ2n) is 7.87. The molecule has 3 N–H and O–H groups in total. The molecule has 2 amide bonds. The monoisotopic (exact) mass is 428 g/mol. The SMILES string of the molecule is CC(C)(C)c1nc(-c2cccc(Cl)c2)c(CNC(=O)Nc2ccc(CCO)nc2)o1. The van der Waals surface area contributed by atoms with Gasteiger partial charge in [0.2, 0.25) is 0 Å². The molecule has 158 valence electrons. The minimum absolute atomic E-state index is 0.0307. The Labute approximate surface area is 180 Å². The molecule has 30 heavy (non-hydrogen) atoms. The van der Waals surface area contributed by atoms with E-state index in [2.05, 4.69) is 20.6 Å². The van der Waals surface area contributed by atoms with Crippen molar-refractivity contribution in [3.8, 4) is 11.3 Å². The van der Waals surface area contributed by atoms with E-state index in [0.717, 1.165) is 11.3 Å². The van der Waals surface area contributed by atoms with Gasteiger partial charge in [0.25, 0.3) is 0 Å². The van der Waals surface area contributed by atoms with Crippen LogP contribution in [0.1, 0.15) is 38.1 Å². The molecule has 0 aliphatic carbocycles. The fraction of sp³-hybridized carbons (Fsp3) is 0.318. The molecule has 0 fully saturated rings. The summed E-state index contributed by atoms with van der Waals surface area (Å²) < 4.78 is 5.98. The Hall–Kier alpha value is -2.90. The zero-order valence-electron chi connectivity index (χ0n) is 17.2. The third kappa shape index (κ3) is 5.58. The van der Waals surface area contributed by atoms with Crippen molar-refractivity contribution in [1.82, 2.24) is 15.3 Å². The molecule has 0 aliphatic rings. The third-order valence-electron chi connectivity index (χ3n) is 4.30. The molecule has 0 radical (unpaired) electrons. The molecule has 0 aliphatic heterocycles. The van der Waals surface area contributed by atoms with Crippen LogP contribution in [0.5, 0.6) is 0 Å². The maximum Gasteiger partial charge on any atom is 0.319 e. The number of urea groups is 1. The quantitative estimate of drug-likeness (QED) is 0.535. The number of rotatable bonds is 6. The van der Waals surface area contributed by atoms with Gasteiger partial charge in [-0.1, -0.05) is 44.5 Å². The first-order valence-corrected chi connectivity index (χ1v) is 10.0. The van der Waals surface area contributed by atoms with E-state index in [-0.39, 0.29) is 18.6 Å². The van der Waals surface area contributed by atoms with Crippen LogP contribution in [0.25, 0.3) is 11.3 Å². The molecule has 0 unspecified atom stereocenters. The van der Waals surface area contributed by atoms with Gasteiger partial charge in [-0.05, 0) is 24.3 Å². The molecule has 8 heteroatoms. The summed E-state index contributed by atoms with van der Waals surface area (Å²) in [5.74, 6) is 1.13. The summed E-state index contributed by atoms with van der Waals surface area (Å²) in [6.07, 6.45) is 2.02. The Kier molecular flexibility index (Phi) is 6.74. The third-order valence-corrected chi connectivity index (χ3v) is 4.53. The summed E-state index contributed by atoms with van der Waals surface area (Å²) in [6.45, 7) is 6.23. The van der Waals surface area contributed by atoms with E-state index in [1.807, 2.05) is 39.0 Å². The zero-order chi connectivity index (χ0) is 21.7. The van der Waals surface area contributed by atoms with Crippen LogP contribution in [0.3, 0.4) is 0 Å². The highest BCUT2D eigenvalue weighted by Crippen LogP contribution is 2.31. The smallest absolute Gasteiger partial charge is 0.319 e. The van der Waals surface area contributed by atoms with E-state index in [1.54, 1.807) is 24.4 Å². The average Bonchev–Trinajstić information content (AvgIpc) is 3.13. The molecular formula is C22H25ClN4O3. The highest BCUT2D eigenvalue weighted by atomic mass is 35.5. The number of carbonyl (C=O) groups excluding carboxylic acids is 1. The molecule has 0 saturated carbocycles. The first-order chi connectivity index (χ1) is 14.3. The van der Waals surface area contributed by atoms with E-state index in [1.165, 1.54) is 0 Å². The summed E-state index contributed by atoms with van der Waals surface area (Å²) in [7, 11) is 0. The molecule has 0 bridgehead atoms. The lowest BCUT2D eigenvalue weighted by molar-refractivity contribution is 0.250. The predicted octanol–water partition coefficient (Wildman–Crippen LogP) is 4.54. The number of amides is 2. The number of benzene rings is 1. The molecule has 3 aromatic rings. The largest absolute Gasteiger partial charge is 0.443 e. The van der Waals surface area contributed by atoms with Crippen LogP contribution in [0.4, 0.5) is 10.5 Å². The maximum absolute atomic E-state index is 12.3. The number of aromatic nitrogens is 2. The molecule has 0 spiro atoms. The summed E-state index contributed by atoms with van der Waals surface area (Å²) in [5, 5.41) is 15.1. The number of oxazole rings is 1. The number of carbonyl (C=O) groups is 1. The average molecular weight is 429 g/mol. The number of nitrogens with one attached hydrogen (secondary N) is 2. The van der Waals surface area contributed by atoms with Gasteiger partial charge in [0.1, 0.15) is 5.69 Å².